The summed E-state index contributed by atoms with van der Waals surface area (Å²) in [7, 11) is 0. The summed E-state index contributed by atoms with van der Waals surface area (Å²) in [5.74, 6) is -51.0. The number of aliphatic hydroxyl groups excluding tert-OH is 5. The number of aromatic nitrogens is 4. The van der Waals surface area contributed by atoms with Gasteiger partial charge in [-0.15, -0.1) is 0 Å². The molecule has 0 spiro atoms. The predicted octanol–water partition coefficient (Wildman–Crippen LogP) is 0.780. The van der Waals surface area contributed by atoms with E-state index in [4.69, 9.17) is 29.8 Å². The molecule has 4 rings (SSSR count). The minimum Gasteiger partial charge on any atom is -0.395 e. The average Bonchev–Trinajstić information content (AvgIpc) is 3.76. The summed E-state index contributed by atoms with van der Waals surface area (Å²) in [5.41, 5.74) is 2.27. The lowest BCUT2D eigenvalue weighted by Crippen LogP contribution is -2.76. The number of aliphatic hydroxyl groups is 5. The monoisotopic (exact) mass is 1080 g/mol. The molecule has 2 unspecified atom stereocenters. The number of nitrogens with two attached hydrogens (primary N) is 1. The third kappa shape index (κ3) is 11.9. The second kappa shape index (κ2) is 22.5. The van der Waals surface area contributed by atoms with E-state index in [9.17, 15) is 114 Å². The number of nitrogens with one attached hydrogen (secondary N) is 3. The SMILES string of the molecule is CC[C@H]1O[C@@H](n2ccc(=O)[nH]c2=O)C(OCC[C@@H](CO)NC(F)(F)C(F)(F)C(F)(F)C(F)(F)C(F)(F)C(F)(F)C(F)(F)C(F)(F)F)[C@H]1O.N[C@H](CO)CCOC1[C@@H](O)[C@@H](CO)O[C@H]1n1ccc(=O)[nH]c1=O. The smallest absolute Gasteiger partial charge is 0.395 e. The minimum absolute atomic E-state index is 0.0232. The highest BCUT2D eigenvalue weighted by Crippen LogP contribution is 2.63. The van der Waals surface area contributed by atoms with Crippen molar-refractivity contribution in [2.24, 2.45) is 5.73 Å². The lowest BCUT2D eigenvalue weighted by molar-refractivity contribution is -0.463. The van der Waals surface area contributed by atoms with Crippen LogP contribution in [0.4, 0.5) is 74.6 Å². The second-order valence-corrected chi connectivity index (χ2v) is 15.5. The number of halogens is 17. The van der Waals surface area contributed by atoms with Crippen molar-refractivity contribution in [3.8, 4) is 0 Å². The van der Waals surface area contributed by atoms with Crippen molar-refractivity contribution in [3.63, 3.8) is 0 Å². The molecule has 0 radical (unpaired) electrons. The van der Waals surface area contributed by atoms with E-state index in [-0.39, 0.29) is 25.0 Å². The normalized spacial score (nSPS) is 25.0. The molecule has 0 bridgehead atoms. The first-order chi connectivity index (χ1) is 32.4. The molecular weight excluding hydrogens is 1040 g/mol. The Bertz CT molecular complexity index is 2300. The second-order valence-electron chi connectivity index (χ2n) is 15.5. The highest BCUT2D eigenvalue weighted by molar-refractivity contribution is 5.15. The largest absolute Gasteiger partial charge is 0.460 e. The van der Waals surface area contributed by atoms with Crippen LogP contribution in [-0.2, 0) is 18.9 Å². The maximum Gasteiger partial charge on any atom is 0.460 e. The van der Waals surface area contributed by atoms with Crippen LogP contribution >= 0.6 is 0 Å². The van der Waals surface area contributed by atoms with E-state index in [1.165, 1.54) is 13.1 Å². The van der Waals surface area contributed by atoms with Crippen LogP contribution in [0.15, 0.2) is 43.7 Å². The first-order valence-corrected chi connectivity index (χ1v) is 20.0. The third-order valence-electron chi connectivity index (χ3n) is 10.6. The van der Waals surface area contributed by atoms with Gasteiger partial charge in [-0.2, -0.15) is 74.6 Å². The van der Waals surface area contributed by atoms with Gasteiger partial charge < -0.3 is 50.2 Å². The highest BCUT2D eigenvalue weighted by Gasteiger charge is 2.95. The Labute approximate surface area is 383 Å². The first kappa shape index (κ1) is 61.0. The van der Waals surface area contributed by atoms with Gasteiger partial charge in [0.15, 0.2) is 12.5 Å². The molecule has 36 heteroatoms. The Morgan fingerprint density at radius 2 is 1.03 bits per heavy atom. The Hall–Kier alpha value is -4.27. The summed E-state index contributed by atoms with van der Waals surface area (Å²) in [6, 6.07) is -8.16. The fourth-order valence-electron chi connectivity index (χ4n) is 6.50. The minimum atomic E-state index is -8.78. The number of alkyl halides is 17. The van der Waals surface area contributed by atoms with Crippen LogP contribution in [0.5, 0.6) is 0 Å². The first-order valence-electron chi connectivity index (χ1n) is 20.0. The van der Waals surface area contributed by atoms with Crippen LogP contribution in [0.25, 0.3) is 0 Å². The standard InChI is InChI=1S/C22H22F17N3O6.C13H21N3O7/c1-2-9-11(45)12(13(48-9)42-5-3-10(44)40-14(42)46)47-6-4-8(7-43)41-22(38,39)20(33,34)18(29,30)16(25,26)15(23,24)17(27,28)19(31,32)21(35,36)37;14-7(5-17)2-4-22-11-10(20)8(6-18)23-12(11)16-3-1-9(19)15-13(16)21/h3,5,8-9,11-13,41,43,45H,2,4,6-7H2,1H3,(H,40,44,46);1,3,7-8,10-12,17-18,20H,2,4-6,14H2,(H,15,19,21)/t8-,9+,11-,12?,13+;7-,8+,10-,11?,12+/m00/s1. The molecule has 2 aromatic rings. The molecule has 10 atom stereocenters. The van der Waals surface area contributed by atoms with Gasteiger partial charge in [0.05, 0.1) is 25.9 Å². The number of hydrogen-bond donors (Lipinski definition) is 9. The lowest BCUT2D eigenvalue weighted by atomic mass is 9.90. The van der Waals surface area contributed by atoms with E-state index in [0.717, 1.165) is 22.9 Å². The van der Waals surface area contributed by atoms with Crippen molar-refractivity contribution in [1.29, 1.82) is 0 Å². The molecule has 4 heterocycles. The fraction of sp³-hybridized carbons (Fsp3) is 0.771. The molecule has 2 aromatic heterocycles. The Kier molecular flexibility index (Phi) is 19.3. The van der Waals surface area contributed by atoms with Gasteiger partial charge >= 0.3 is 59.1 Å². The van der Waals surface area contributed by atoms with Gasteiger partial charge in [-0.05, 0) is 19.3 Å². The summed E-state index contributed by atoms with van der Waals surface area (Å²) < 4.78 is 253. The van der Waals surface area contributed by atoms with Crippen molar-refractivity contribution in [2.45, 2.75) is 135 Å². The van der Waals surface area contributed by atoms with E-state index >= 15 is 0 Å². The maximum absolute atomic E-state index is 14.3. The Balaban J connectivity index is 0.000000480. The van der Waals surface area contributed by atoms with Crippen molar-refractivity contribution in [2.75, 3.05) is 33.0 Å². The number of nitrogens with zero attached hydrogens (tertiary/aromatic N) is 2. The summed E-state index contributed by atoms with van der Waals surface area (Å²) in [5, 5.41) is 48.1. The van der Waals surface area contributed by atoms with Crippen LogP contribution in [0.1, 0.15) is 38.6 Å². The number of aromatic amines is 2. The number of ether oxygens (including phenoxy) is 4. The van der Waals surface area contributed by atoms with Crippen LogP contribution < -0.4 is 33.5 Å². The molecule has 0 aromatic carbocycles. The van der Waals surface area contributed by atoms with Crippen LogP contribution in [0, 0.1) is 0 Å². The molecule has 2 fully saturated rings. The quantitative estimate of drug-likeness (QED) is 0.0582. The summed E-state index contributed by atoms with van der Waals surface area (Å²) in [4.78, 5) is 50.3. The van der Waals surface area contributed by atoms with E-state index in [0.29, 0.717) is 11.0 Å². The zero-order valence-electron chi connectivity index (χ0n) is 35.6. The highest BCUT2D eigenvalue weighted by atomic mass is 19.4. The lowest BCUT2D eigenvalue weighted by Gasteiger charge is -2.43. The van der Waals surface area contributed by atoms with Gasteiger partial charge in [-0.1, -0.05) is 6.92 Å². The number of H-pyrrole nitrogens is 2. The van der Waals surface area contributed by atoms with Gasteiger partial charge in [0.1, 0.15) is 30.5 Å². The molecule has 0 saturated carbocycles. The van der Waals surface area contributed by atoms with Gasteiger partial charge in [0.2, 0.25) is 0 Å². The maximum atomic E-state index is 14.3. The number of hydrogen-bond acceptors (Lipinski definition) is 15. The molecule has 0 aliphatic carbocycles. The molecule has 410 valence electrons. The Morgan fingerprint density at radius 3 is 1.41 bits per heavy atom. The van der Waals surface area contributed by atoms with Crippen LogP contribution in [-0.4, -0.2) is 174 Å². The summed E-state index contributed by atoms with van der Waals surface area (Å²) in [6.07, 6.45) is -16.7. The summed E-state index contributed by atoms with van der Waals surface area (Å²) >= 11 is 0. The van der Waals surface area contributed by atoms with Crippen molar-refractivity contribution < 1.29 is 119 Å². The molecule has 2 aliphatic heterocycles. The van der Waals surface area contributed by atoms with Gasteiger partial charge in [0.25, 0.3) is 11.1 Å². The summed E-state index contributed by atoms with van der Waals surface area (Å²) in [6.45, 7) is -2.00. The van der Waals surface area contributed by atoms with E-state index in [1.54, 1.807) is 0 Å². The van der Waals surface area contributed by atoms with Gasteiger partial charge in [0, 0.05) is 49.8 Å². The van der Waals surface area contributed by atoms with Crippen LogP contribution in [0.3, 0.4) is 0 Å². The van der Waals surface area contributed by atoms with Crippen molar-refractivity contribution in [3.05, 3.63) is 66.2 Å². The fourth-order valence-corrected chi connectivity index (χ4v) is 6.50. The third-order valence-corrected chi connectivity index (χ3v) is 10.6. The predicted molar refractivity (Wildman–Crippen MR) is 198 cm³/mol. The molecule has 0 amide bonds. The van der Waals surface area contributed by atoms with Crippen LogP contribution in [0.2, 0.25) is 0 Å². The van der Waals surface area contributed by atoms with E-state index < -0.39 is 158 Å². The molecule has 71 heavy (non-hydrogen) atoms. The molecule has 19 nitrogen and oxygen atoms in total. The van der Waals surface area contributed by atoms with Crippen molar-refractivity contribution in [1.82, 2.24) is 24.4 Å². The average molecular weight is 1080 g/mol. The van der Waals surface area contributed by atoms with E-state index in [2.05, 4.69) is 4.98 Å². The number of rotatable bonds is 22. The van der Waals surface area contributed by atoms with E-state index in [1.807, 2.05) is 4.98 Å². The molecule has 2 aliphatic rings. The Morgan fingerprint density at radius 1 is 0.634 bits per heavy atom. The zero-order chi connectivity index (χ0) is 54.7. The molecule has 2 saturated heterocycles. The topological polar surface area (TPSA) is 286 Å². The molecule has 10 N–H and O–H groups in total. The van der Waals surface area contributed by atoms with Gasteiger partial charge in [-0.25, -0.2) is 14.9 Å². The molecular formula is C35H43F17N6O13. The zero-order valence-corrected chi connectivity index (χ0v) is 35.6. The van der Waals surface area contributed by atoms with Gasteiger partial charge in [-0.3, -0.25) is 28.7 Å². The van der Waals surface area contributed by atoms with Crippen molar-refractivity contribution >= 4 is 0 Å².